The smallest absolute Gasteiger partial charge is 0.167 e. The van der Waals surface area contributed by atoms with Crippen molar-refractivity contribution in [2.45, 2.75) is 39.0 Å². The Morgan fingerprint density at radius 1 is 1.41 bits per heavy atom. The van der Waals surface area contributed by atoms with E-state index in [1.54, 1.807) is 12.4 Å². The van der Waals surface area contributed by atoms with Gasteiger partial charge in [0.1, 0.15) is 5.75 Å². The van der Waals surface area contributed by atoms with Crippen LogP contribution in [0.1, 0.15) is 49.4 Å². The third kappa shape index (κ3) is 3.05. The quantitative estimate of drug-likeness (QED) is 0.733. The lowest BCUT2D eigenvalue weighted by molar-refractivity contribution is 0.0922. The second-order valence-corrected chi connectivity index (χ2v) is 4.60. The summed E-state index contributed by atoms with van der Waals surface area (Å²) in [6, 6.07) is 1.82. The number of pyridine rings is 1. The lowest BCUT2D eigenvalue weighted by atomic mass is 9.97. The van der Waals surface area contributed by atoms with Crippen molar-refractivity contribution in [3.8, 4) is 5.75 Å². The maximum Gasteiger partial charge on any atom is 0.167 e. The van der Waals surface area contributed by atoms with Gasteiger partial charge >= 0.3 is 0 Å². The summed E-state index contributed by atoms with van der Waals surface area (Å²) in [5.74, 6) is 1.14. The summed E-state index contributed by atoms with van der Waals surface area (Å²) >= 11 is 0. The van der Waals surface area contributed by atoms with Crippen LogP contribution in [-0.2, 0) is 0 Å². The van der Waals surface area contributed by atoms with Gasteiger partial charge in [-0.2, -0.15) is 0 Å². The Morgan fingerprint density at radius 2 is 2.18 bits per heavy atom. The average Bonchev–Trinajstić information content (AvgIpc) is 2.89. The zero-order valence-corrected chi connectivity index (χ0v) is 10.3. The van der Waals surface area contributed by atoms with Crippen LogP contribution in [0.2, 0.25) is 0 Å². The highest BCUT2D eigenvalue weighted by molar-refractivity contribution is 5.98. The first kappa shape index (κ1) is 12.1. The molecule has 17 heavy (non-hydrogen) atoms. The monoisotopic (exact) mass is 233 g/mol. The minimum Gasteiger partial charge on any atom is -0.492 e. The fourth-order valence-electron chi connectivity index (χ4n) is 2.28. The van der Waals surface area contributed by atoms with Crippen molar-refractivity contribution >= 4 is 5.78 Å². The van der Waals surface area contributed by atoms with Crippen LogP contribution >= 0.6 is 0 Å². The van der Waals surface area contributed by atoms with Gasteiger partial charge in [-0.3, -0.25) is 9.78 Å². The van der Waals surface area contributed by atoms with Crippen molar-refractivity contribution in [2.75, 3.05) is 6.61 Å². The van der Waals surface area contributed by atoms with Crippen molar-refractivity contribution in [1.82, 2.24) is 4.98 Å². The van der Waals surface area contributed by atoms with Crippen LogP contribution in [0.5, 0.6) is 5.75 Å². The number of nitrogens with zero attached hydrogens (tertiary/aromatic N) is 1. The maximum absolute atomic E-state index is 12.2. The van der Waals surface area contributed by atoms with E-state index in [4.69, 9.17) is 4.74 Å². The molecule has 0 aromatic carbocycles. The summed E-state index contributed by atoms with van der Waals surface area (Å²) in [7, 11) is 0. The van der Waals surface area contributed by atoms with E-state index in [9.17, 15) is 4.79 Å². The molecule has 1 aliphatic rings. The molecule has 1 fully saturated rings. The Hall–Kier alpha value is -1.38. The van der Waals surface area contributed by atoms with E-state index in [-0.39, 0.29) is 11.7 Å². The molecule has 0 saturated heterocycles. The van der Waals surface area contributed by atoms with Crippen LogP contribution in [0.15, 0.2) is 18.5 Å². The van der Waals surface area contributed by atoms with E-state index in [1.165, 1.54) is 12.8 Å². The fraction of sp³-hybridized carbons (Fsp3) is 0.571. The van der Waals surface area contributed by atoms with E-state index in [2.05, 4.69) is 11.9 Å². The first-order chi connectivity index (χ1) is 8.31. The van der Waals surface area contributed by atoms with Crippen molar-refractivity contribution in [2.24, 2.45) is 5.92 Å². The van der Waals surface area contributed by atoms with Gasteiger partial charge in [-0.05, 0) is 25.3 Å². The summed E-state index contributed by atoms with van der Waals surface area (Å²) in [4.78, 5) is 16.3. The van der Waals surface area contributed by atoms with Gasteiger partial charge < -0.3 is 4.74 Å². The molecule has 1 heterocycles. The number of hydrogen-bond donors (Lipinski definition) is 0. The standard InChI is InChI=1S/C14H19NO2/c1-2-7-17-13-8-12(9-15-10-13)14(16)11-5-3-4-6-11/h8-11H,2-7H2,1H3. The van der Waals surface area contributed by atoms with Gasteiger partial charge in [-0.25, -0.2) is 0 Å². The molecule has 3 heteroatoms. The number of carbonyl (C=O) groups excluding carboxylic acids is 1. The minimum absolute atomic E-state index is 0.207. The molecule has 1 aromatic rings. The van der Waals surface area contributed by atoms with E-state index in [0.717, 1.165) is 19.3 Å². The number of Topliss-reactive ketones (excluding diaryl/α,β-unsaturated/α-hetero) is 1. The maximum atomic E-state index is 12.2. The highest BCUT2D eigenvalue weighted by Crippen LogP contribution is 2.28. The highest BCUT2D eigenvalue weighted by atomic mass is 16.5. The number of rotatable bonds is 5. The van der Waals surface area contributed by atoms with Crippen LogP contribution in [0, 0.1) is 5.92 Å². The summed E-state index contributed by atoms with van der Waals surface area (Å²) in [6.07, 6.45) is 8.69. The van der Waals surface area contributed by atoms with E-state index in [0.29, 0.717) is 17.9 Å². The van der Waals surface area contributed by atoms with Crippen molar-refractivity contribution in [1.29, 1.82) is 0 Å². The zero-order valence-electron chi connectivity index (χ0n) is 10.3. The number of hydrogen-bond acceptors (Lipinski definition) is 3. The fourth-order valence-corrected chi connectivity index (χ4v) is 2.28. The average molecular weight is 233 g/mol. The highest BCUT2D eigenvalue weighted by Gasteiger charge is 2.24. The van der Waals surface area contributed by atoms with Crippen molar-refractivity contribution < 1.29 is 9.53 Å². The first-order valence-corrected chi connectivity index (χ1v) is 6.43. The molecule has 1 saturated carbocycles. The first-order valence-electron chi connectivity index (χ1n) is 6.43. The minimum atomic E-state index is 0.207. The Labute approximate surface area is 102 Å². The molecule has 3 nitrogen and oxygen atoms in total. The van der Waals surface area contributed by atoms with Crippen LogP contribution in [0.4, 0.5) is 0 Å². The molecule has 0 bridgehead atoms. The van der Waals surface area contributed by atoms with Gasteiger partial charge in [0.2, 0.25) is 0 Å². The van der Waals surface area contributed by atoms with Gasteiger partial charge in [-0.1, -0.05) is 19.8 Å². The Bertz CT molecular complexity index is 384. The molecular weight excluding hydrogens is 214 g/mol. The third-order valence-electron chi connectivity index (χ3n) is 3.20. The summed E-state index contributed by atoms with van der Waals surface area (Å²) < 4.78 is 5.49. The zero-order chi connectivity index (χ0) is 12.1. The molecule has 0 unspecified atom stereocenters. The van der Waals surface area contributed by atoms with Crippen LogP contribution in [0.25, 0.3) is 0 Å². The Balaban J connectivity index is 2.06. The molecule has 0 spiro atoms. The SMILES string of the molecule is CCCOc1cncc(C(=O)C2CCCC2)c1. The molecular formula is C14H19NO2. The van der Waals surface area contributed by atoms with Gasteiger partial charge in [0.05, 0.1) is 12.8 Å². The number of ether oxygens (including phenoxy) is 1. The Morgan fingerprint density at radius 3 is 2.88 bits per heavy atom. The van der Waals surface area contributed by atoms with Crippen LogP contribution in [-0.4, -0.2) is 17.4 Å². The summed E-state index contributed by atoms with van der Waals surface area (Å²) in [5, 5.41) is 0. The second kappa shape index (κ2) is 5.80. The van der Waals surface area contributed by atoms with Crippen molar-refractivity contribution in [3.63, 3.8) is 0 Å². The van der Waals surface area contributed by atoms with Crippen LogP contribution < -0.4 is 4.74 Å². The summed E-state index contributed by atoms with van der Waals surface area (Å²) in [5.41, 5.74) is 0.700. The molecule has 1 aromatic heterocycles. The number of ketones is 1. The topological polar surface area (TPSA) is 39.2 Å². The predicted octanol–water partition coefficient (Wildman–Crippen LogP) is 3.24. The van der Waals surface area contributed by atoms with Gasteiger partial charge in [0, 0.05) is 17.7 Å². The molecule has 0 aliphatic heterocycles. The number of aromatic nitrogens is 1. The molecule has 2 rings (SSSR count). The van der Waals surface area contributed by atoms with Gasteiger partial charge in [0.15, 0.2) is 5.78 Å². The van der Waals surface area contributed by atoms with E-state index < -0.39 is 0 Å². The number of carbonyl (C=O) groups is 1. The second-order valence-electron chi connectivity index (χ2n) is 4.60. The molecule has 0 N–H and O–H groups in total. The molecule has 0 radical (unpaired) electrons. The summed E-state index contributed by atoms with van der Waals surface area (Å²) in [6.45, 7) is 2.73. The van der Waals surface area contributed by atoms with Crippen molar-refractivity contribution in [3.05, 3.63) is 24.0 Å². The van der Waals surface area contributed by atoms with E-state index >= 15 is 0 Å². The normalized spacial score (nSPS) is 16.1. The van der Waals surface area contributed by atoms with E-state index in [1.807, 2.05) is 6.07 Å². The lowest BCUT2D eigenvalue weighted by Gasteiger charge is -2.09. The van der Waals surface area contributed by atoms with Crippen LogP contribution in [0.3, 0.4) is 0 Å². The molecule has 0 atom stereocenters. The predicted molar refractivity (Wildman–Crippen MR) is 66.3 cm³/mol. The van der Waals surface area contributed by atoms with Gasteiger partial charge in [-0.15, -0.1) is 0 Å². The Kier molecular flexibility index (Phi) is 4.13. The lowest BCUT2D eigenvalue weighted by Crippen LogP contribution is -2.11. The molecule has 1 aliphatic carbocycles. The largest absolute Gasteiger partial charge is 0.492 e. The third-order valence-corrected chi connectivity index (χ3v) is 3.20. The molecule has 92 valence electrons. The van der Waals surface area contributed by atoms with Gasteiger partial charge in [0.25, 0.3) is 0 Å². The molecule has 0 amide bonds.